The fourth-order valence-corrected chi connectivity index (χ4v) is 2.85. The molecule has 0 aliphatic carbocycles. The van der Waals surface area contributed by atoms with E-state index in [9.17, 15) is 13.2 Å². The highest BCUT2D eigenvalue weighted by Crippen LogP contribution is 2.31. The van der Waals surface area contributed by atoms with Crippen LogP contribution in [0.4, 0.5) is 30.8 Å². The van der Waals surface area contributed by atoms with Crippen LogP contribution >= 0.6 is 0 Å². The highest BCUT2D eigenvalue weighted by atomic mass is 19.4. The predicted molar refractivity (Wildman–Crippen MR) is 114 cm³/mol. The number of H-pyrrole nitrogens is 1. The Morgan fingerprint density at radius 1 is 1.00 bits per heavy atom. The molecule has 12 heteroatoms. The molecule has 0 unspecified atom stereocenters. The molecule has 4 rings (SSSR count). The molecule has 0 aliphatic heterocycles. The monoisotopic (exact) mass is 457 g/mol. The van der Waals surface area contributed by atoms with Gasteiger partial charge < -0.3 is 20.5 Å². The van der Waals surface area contributed by atoms with Crippen LogP contribution in [0.3, 0.4) is 0 Å². The maximum atomic E-state index is 12.9. The third kappa shape index (κ3) is 5.47. The van der Waals surface area contributed by atoms with Crippen molar-refractivity contribution in [2.75, 3.05) is 17.7 Å². The van der Waals surface area contributed by atoms with Gasteiger partial charge in [0, 0.05) is 11.3 Å². The molecule has 0 atom stereocenters. The minimum absolute atomic E-state index is 0.0232. The molecule has 2 aromatic carbocycles. The van der Waals surface area contributed by atoms with Crippen molar-refractivity contribution in [3.05, 3.63) is 60.2 Å². The molecule has 0 amide bonds. The van der Waals surface area contributed by atoms with Crippen molar-refractivity contribution >= 4 is 17.6 Å². The zero-order chi connectivity index (χ0) is 23.4. The van der Waals surface area contributed by atoms with E-state index < -0.39 is 11.7 Å². The van der Waals surface area contributed by atoms with Crippen LogP contribution in [0.5, 0.6) is 17.5 Å². The predicted octanol–water partition coefficient (Wildman–Crippen LogP) is 4.80. The summed E-state index contributed by atoms with van der Waals surface area (Å²) in [6, 6.07) is 13.2. The first-order chi connectivity index (χ1) is 15.8. The van der Waals surface area contributed by atoms with Crippen LogP contribution in [-0.2, 0) is 6.18 Å². The highest BCUT2D eigenvalue weighted by molar-refractivity contribution is 5.60. The van der Waals surface area contributed by atoms with Gasteiger partial charge in [0.2, 0.25) is 23.7 Å². The zero-order valence-corrected chi connectivity index (χ0v) is 17.2. The zero-order valence-electron chi connectivity index (χ0n) is 17.2. The third-order valence-electron chi connectivity index (χ3n) is 4.27. The summed E-state index contributed by atoms with van der Waals surface area (Å²) in [4.78, 5) is 12.2. The number of benzene rings is 2. The van der Waals surface area contributed by atoms with Gasteiger partial charge in [0.15, 0.2) is 5.82 Å². The number of aromatic amines is 1. The Labute approximate surface area is 185 Å². The van der Waals surface area contributed by atoms with Gasteiger partial charge in [0.25, 0.3) is 0 Å². The van der Waals surface area contributed by atoms with Crippen molar-refractivity contribution < 1.29 is 22.6 Å². The summed E-state index contributed by atoms with van der Waals surface area (Å²) in [7, 11) is 0. The fourth-order valence-electron chi connectivity index (χ4n) is 2.85. The average Bonchev–Trinajstić information content (AvgIpc) is 3.22. The third-order valence-corrected chi connectivity index (χ3v) is 4.27. The largest absolute Gasteiger partial charge is 0.478 e. The van der Waals surface area contributed by atoms with Crippen molar-refractivity contribution in [1.82, 2.24) is 25.1 Å². The number of halogens is 3. The van der Waals surface area contributed by atoms with Gasteiger partial charge in [-0.3, -0.25) is 5.10 Å². The van der Waals surface area contributed by atoms with Gasteiger partial charge in [-0.05, 0) is 49.4 Å². The van der Waals surface area contributed by atoms with Gasteiger partial charge in [-0.25, -0.2) is 0 Å². The van der Waals surface area contributed by atoms with Crippen LogP contribution in [0.1, 0.15) is 12.5 Å². The highest BCUT2D eigenvalue weighted by Gasteiger charge is 2.30. The molecule has 2 heterocycles. The maximum Gasteiger partial charge on any atom is 0.416 e. The molecule has 170 valence electrons. The SMILES string of the molecule is CCOc1cc(Oc2ccc(-c3nc(Nc4cccc(C(F)(F)F)c4)n[nH]3)cc2)nc(N)n1. The van der Waals surface area contributed by atoms with Crippen LogP contribution < -0.4 is 20.5 Å². The van der Waals surface area contributed by atoms with E-state index in [2.05, 4.69) is 30.5 Å². The lowest BCUT2D eigenvalue weighted by atomic mass is 10.2. The summed E-state index contributed by atoms with van der Waals surface area (Å²) in [5.74, 6) is 1.59. The number of ether oxygens (including phenoxy) is 2. The molecular formula is C21H18F3N7O2. The number of nitrogens with two attached hydrogens (primary N) is 1. The van der Waals surface area contributed by atoms with E-state index in [1.165, 1.54) is 18.2 Å². The van der Waals surface area contributed by atoms with Crippen molar-refractivity contribution in [3.63, 3.8) is 0 Å². The average molecular weight is 457 g/mol. The molecule has 0 spiro atoms. The van der Waals surface area contributed by atoms with Crippen LogP contribution in [0.25, 0.3) is 11.4 Å². The molecule has 0 saturated heterocycles. The number of aromatic nitrogens is 5. The lowest BCUT2D eigenvalue weighted by Crippen LogP contribution is -2.05. The first-order valence-electron chi connectivity index (χ1n) is 9.72. The second-order valence-corrected chi connectivity index (χ2v) is 6.67. The Morgan fingerprint density at radius 2 is 1.76 bits per heavy atom. The van der Waals surface area contributed by atoms with Crippen molar-refractivity contribution in [1.29, 1.82) is 0 Å². The van der Waals surface area contributed by atoms with Gasteiger partial charge >= 0.3 is 6.18 Å². The Kier molecular flexibility index (Phi) is 5.98. The van der Waals surface area contributed by atoms with Crippen molar-refractivity contribution in [3.8, 4) is 28.9 Å². The summed E-state index contributed by atoms with van der Waals surface area (Å²) in [6.07, 6.45) is -4.44. The topological polar surface area (TPSA) is 124 Å². The van der Waals surface area contributed by atoms with Gasteiger partial charge in [0.05, 0.1) is 18.2 Å². The smallest absolute Gasteiger partial charge is 0.416 e. The van der Waals surface area contributed by atoms with Gasteiger partial charge in [0.1, 0.15) is 5.75 Å². The molecule has 0 radical (unpaired) electrons. The van der Waals surface area contributed by atoms with Crippen molar-refractivity contribution in [2.24, 2.45) is 0 Å². The molecule has 0 bridgehead atoms. The van der Waals surface area contributed by atoms with E-state index in [-0.39, 0.29) is 23.5 Å². The summed E-state index contributed by atoms with van der Waals surface area (Å²) in [5, 5.41) is 9.50. The number of alkyl halides is 3. The Balaban J connectivity index is 1.45. The number of nitrogens with one attached hydrogen (secondary N) is 2. The number of hydrogen-bond acceptors (Lipinski definition) is 8. The van der Waals surface area contributed by atoms with Gasteiger partial charge in [-0.1, -0.05) is 6.07 Å². The number of nitrogen functional groups attached to an aromatic ring is 1. The van der Waals surface area contributed by atoms with E-state index >= 15 is 0 Å². The Bertz CT molecular complexity index is 1240. The van der Waals surface area contributed by atoms with Crippen LogP contribution in [0.15, 0.2) is 54.6 Å². The van der Waals surface area contributed by atoms with Gasteiger partial charge in [-0.15, -0.1) is 5.10 Å². The minimum Gasteiger partial charge on any atom is -0.478 e. The molecule has 9 nitrogen and oxygen atoms in total. The maximum absolute atomic E-state index is 12.9. The molecule has 4 aromatic rings. The van der Waals surface area contributed by atoms with E-state index in [0.717, 1.165) is 12.1 Å². The van der Waals surface area contributed by atoms with Crippen LogP contribution in [-0.4, -0.2) is 31.8 Å². The summed E-state index contributed by atoms with van der Waals surface area (Å²) in [6.45, 7) is 2.24. The van der Waals surface area contributed by atoms with Crippen LogP contribution in [0, 0.1) is 0 Å². The van der Waals surface area contributed by atoms with E-state index in [1.807, 2.05) is 6.92 Å². The normalized spacial score (nSPS) is 11.3. The lowest BCUT2D eigenvalue weighted by Gasteiger charge is -2.08. The molecular weight excluding hydrogens is 439 g/mol. The molecule has 33 heavy (non-hydrogen) atoms. The minimum atomic E-state index is -4.44. The van der Waals surface area contributed by atoms with Crippen LogP contribution in [0.2, 0.25) is 0 Å². The Morgan fingerprint density at radius 3 is 2.48 bits per heavy atom. The quantitative estimate of drug-likeness (QED) is 0.362. The number of nitrogens with zero attached hydrogens (tertiary/aromatic N) is 4. The number of hydrogen-bond donors (Lipinski definition) is 3. The molecule has 2 aromatic heterocycles. The Hall–Kier alpha value is -4.35. The van der Waals surface area contributed by atoms with Gasteiger partial charge in [-0.2, -0.15) is 28.1 Å². The summed E-state index contributed by atoms with van der Waals surface area (Å²) < 4.78 is 49.7. The molecule has 0 fully saturated rings. The second-order valence-electron chi connectivity index (χ2n) is 6.67. The molecule has 0 saturated carbocycles. The number of rotatable bonds is 7. The fraction of sp³-hybridized carbons (Fsp3) is 0.143. The summed E-state index contributed by atoms with van der Waals surface area (Å²) >= 11 is 0. The standard InChI is InChI=1S/C21H18F3N7O2/c1-2-32-16-11-17(28-19(25)27-16)33-15-8-6-12(7-9-15)18-29-20(31-30-18)26-14-5-3-4-13(10-14)21(22,23)24/h3-11H,2H2,1H3,(H2,25,27,28)(H2,26,29,30,31). The first kappa shape index (κ1) is 21.9. The lowest BCUT2D eigenvalue weighted by molar-refractivity contribution is -0.137. The van der Waals surface area contributed by atoms with E-state index in [1.54, 1.807) is 24.3 Å². The summed E-state index contributed by atoms with van der Waals surface area (Å²) in [5.41, 5.74) is 5.80. The number of anilines is 3. The molecule has 0 aliphatic rings. The van der Waals surface area contributed by atoms with Crippen molar-refractivity contribution in [2.45, 2.75) is 13.1 Å². The second kappa shape index (κ2) is 9.02. The molecule has 4 N–H and O–H groups in total. The van der Waals surface area contributed by atoms with E-state index in [4.69, 9.17) is 15.2 Å². The van der Waals surface area contributed by atoms with E-state index in [0.29, 0.717) is 29.6 Å². The first-order valence-corrected chi connectivity index (χ1v) is 9.72.